The fraction of sp³-hybridized carbons (Fsp3) is 0.375. The van der Waals surface area contributed by atoms with E-state index in [1.54, 1.807) is 20.3 Å². The summed E-state index contributed by atoms with van der Waals surface area (Å²) >= 11 is 0. The van der Waals surface area contributed by atoms with Gasteiger partial charge in [0.25, 0.3) is 0 Å². The van der Waals surface area contributed by atoms with Crippen molar-refractivity contribution in [3.63, 3.8) is 0 Å². The van der Waals surface area contributed by atoms with Crippen LogP contribution >= 0.6 is 0 Å². The molecule has 0 spiro atoms. The Balaban J connectivity index is 2.06. The molecule has 1 aliphatic heterocycles. The molecule has 0 aliphatic carbocycles. The molecule has 1 fully saturated rings. The van der Waals surface area contributed by atoms with Crippen LogP contribution in [0.1, 0.15) is 17.9 Å². The molecule has 3 aromatic rings. The molecule has 7 nitrogen and oxygen atoms in total. The zero-order chi connectivity index (χ0) is 22.1. The number of para-hydroxylation sites is 1. The molecule has 1 saturated heterocycles. The van der Waals surface area contributed by atoms with Gasteiger partial charge in [-0.25, -0.2) is 0 Å². The molecule has 31 heavy (non-hydrogen) atoms. The molecule has 1 N–H and O–H groups in total. The lowest BCUT2D eigenvalue weighted by atomic mass is 9.89. The number of likely N-dealkylation sites (tertiary alicyclic amines) is 1. The minimum absolute atomic E-state index is 0.00568. The number of methoxy groups -OCH3 is 3. The average Bonchev–Trinajstić information content (AvgIpc) is 3.17. The summed E-state index contributed by atoms with van der Waals surface area (Å²) in [7, 11) is 6.66. The molecule has 0 radical (unpaired) electrons. The van der Waals surface area contributed by atoms with Crippen molar-refractivity contribution in [1.82, 2.24) is 4.90 Å². The molecule has 2 atom stereocenters. The maximum absolute atomic E-state index is 13.3. The van der Waals surface area contributed by atoms with Gasteiger partial charge in [-0.3, -0.25) is 4.79 Å². The predicted octanol–water partition coefficient (Wildman–Crippen LogP) is 3.27. The van der Waals surface area contributed by atoms with E-state index in [0.717, 1.165) is 18.5 Å². The number of rotatable bonds is 6. The summed E-state index contributed by atoms with van der Waals surface area (Å²) in [6.45, 7) is 0.817. The van der Waals surface area contributed by atoms with Crippen LogP contribution in [-0.2, 0) is 0 Å². The third kappa shape index (κ3) is 3.54. The van der Waals surface area contributed by atoms with E-state index in [2.05, 4.69) is 4.90 Å². The van der Waals surface area contributed by atoms with Crippen LogP contribution in [0.25, 0.3) is 22.3 Å². The highest BCUT2D eigenvalue weighted by atomic mass is 16.5. The van der Waals surface area contributed by atoms with Gasteiger partial charge in [-0.2, -0.15) is 0 Å². The summed E-state index contributed by atoms with van der Waals surface area (Å²) in [5, 5.41) is 10.4. The average molecular weight is 425 g/mol. The maximum atomic E-state index is 13.3. The summed E-state index contributed by atoms with van der Waals surface area (Å²) in [5.74, 6) is 1.91. The van der Waals surface area contributed by atoms with Gasteiger partial charge in [-0.1, -0.05) is 12.1 Å². The van der Waals surface area contributed by atoms with E-state index in [4.69, 9.17) is 18.6 Å². The van der Waals surface area contributed by atoms with Gasteiger partial charge in [0.15, 0.2) is 5.43 Å². The molecule has 1 aromatic heterocycles. The molecule has 0 bridgehead atoms. The summed E-state index contributed by atoms with van der Waals surface area (Å²) in [4.78, 5) is 15.4. The fourth-order valence-electron chi connectivity index (χ4n) is 4.57. The quantitative estimate of drug-likeness (QED) is 0.649. The molecule has 164 valence electrons. The van der Waals surface area contributed by atoms with Crippen LogP contribution < -0.4 is 19.6 Å². The van der Waals surface area contributed by atoms with Crippen LogP contribution in [0.4, 0.5) is 0 Å². The zero-order valence-electron chi connectivity index (χ0n) is 18.2. The van der Waals surface area contributed by atoms with Gasteiger partial charge < -0.3 is 28.6 Å². The number of benzene rings is 2. The summed E-state index contributed by atoms with van der Waals surface area (Å²) < 4.78 is 23.1. The van der Waals surface area contributed by atoms with Gasteiger partial charge in [0.05, 0.1) is 33.5 Å². The molecule has 7 heteroatoms. The lowest BCUT2D eigenvalue weighted by molar-refractivity contribution is 0.171. The van der Waals surface area contributed by atoms with Crippen molar-refractivity contribution in [2.45, 2.75) is 18.4 Å². The first-order valence-electron chi connectivity index (χ1n) is 10.2. The predicted molar refractivity (Wildman–Crippen MR) is 118 cm³/mol. The number of aliphatic hydroxyl groups excluding tert-OH is 1. The number of fused-ring (bicyclic) bond motifs is 1. The Labute approximate surface area is 180 Å². The first kappa shape index (κ1) is 21.2. The van der Waals surface area contributed by atoms with Crippen molar-refractivity contribution in [3.8, 4) is 28.6 Å². The number of hydrogen-bond donors (Lipinski definition) is 1. The van der Waals surface area contributed by atoms with E-state index in [-0.39, 0.29) is 24.0 Å². The van der Waals surface area contributed by atoms with Crippen molar-refractivity contribution in [3.05, 3.63) is 52.2 Å². The number of likely N-dealkylation sites (N-methyl/N-ethyl adjacent to an activating group) is 1. The highest BCUT2D eigenvalue weighted by Crippen LogP contribution is 2.45. The second kappa shape index (κ2) is 8.61. The Morgan fingerprint density at radius 3 is 2.45 bits per heavy atom. The van der Waals surface area contributed by atoms with Crippen molar-refractivity contribution >= 4 is 11.0 Å². The third-order valence-corrected chi connectivity index (χ3v) is 6.16. The second-order valence-electron chi connectivity index (χ2n) is 7.70. The van der Waals surface area contributed by atoms with E-state index in [0.29, 0.717) is 39.5 Å². The molecule has 0 amide bonds. The molecule has 2 aromatic carbocycles. The summed E-state index contributed by atoms with van der Waals surface area (Å²) in [6.07, 6.45) is 0.808. The second-order valence-corrected chi connectivity index (χ2v) is 7.70. The lowest BCUT2D eigenvalue weighted by Crippen LogP contribution is -2.32. The molecule has 2 heterocycles. The van der Waals surface area contributed by atoms with Crippen LogP contribution in [0.2, 0.25) is 0 Å². The Hall–Kier alpha value is -3.03. The lowest BCUT2D eigenvalue weighted by Gasteiger charge is -2.25. The third-order valence-electron chi connectivity index (χ3n) is 6.16. The van der Waals surface area contributed by atoms with Crippen molar-refractivity contribution in [2.75, 3.05) is 41.5 Å². The van der Waals surface area contributed by atoms with Gasteiger partial charge in [0.1, 0.15) is 34.0 Å². The Morgan fingerprint density at radius 1 is 1.06 bits per heavy atom. The van der Waals surface area contributed by atoms with Crippen LogP contribution in [0.15, 0.2) is 45.6 Å². The van der Waals surface area contributed by atoms with Crippen LogP contribution in [0.3, 0.4) is 0 Å². The minimum atomic E-state index is -0.213. The highest BCUT2D eigenvalue weighted by Gasteiger charge is 2.37. The highest BCUT2D eigenvalue weighted by molar-refractivity contribution is 5.90. The molecule has 4 rings (SSSR count). The topological polar surface area (TPSA) is 81.4 Å². The van der Waals surface area contributed by atoms with E-state index in [1.807, 2.05) is 31.3 Å². The molecular weight excluding hydrogens is 398 g/mol. The maximum Gasteiger partial charge on any atom is 0.197 e. The monoisotopic (exact) mass is 425 g/mol. The first-order chi connectivity index (χ1) is 15.0. The fourth-order valence-corrected chi connectivity index (χ4v) is 4.57. The SMILES string of the molecule is COc1ccccc1-c1cc(=O)c2c(OC)cc(OC)c([C@@H]3CCN(C)[C@H]3CO)c2o1. The molecular formula is C24H27NO6. The standard InChI is InChI=1S/C24H27NO6/c1-25-10-9-14(16(25)13-26)22-20(29-3)12-21(30-4)23-17(27)11-19(31-24(22)23)15-7-5-6-8-18(15)28-2/h5-8,11-12,14,16,26H,9-10,13H2,1-4H3/t14-,16+/m1/s1. The minimum Gasteiger partial charge on any atom is -0.496 e. The first-order valence-corrected chi connectivity index (χ1v) is 10.2. The van der Waals surface area contributed by atoms with Crippen molar-refractivity contribution in [1.29, 1.82) is 0 Å². The van der Waals surface area contributed by atoms with Crippen LogP contribution in [-0.4, -0.2) is 57.6 Å². The van der Waals surface area contributed by atoms with Gasteiger partial charge >= 0.3 is 0 Å². The Kier molecular flexibility index (Phi) is 5.89. The van der Waals surface area contributed by atoms with Crippen LogP contribution in [0.5, 0.6) is 17.2 Å². The van der Waals surface area contributed by atoms with E-state index in [1.165, 1.54) is 13.2 Å². The van der Waals surface area contributed by atoms with Gasteiger partial charge in [-0.05, 0) is 32.1 Å². The smallest absolute Gasteiger partial charge is 0.197 e. The van der Waals surface area contributed by atoms with Gasteiger partial charge in [0, 0.05) is 29.7 Å². The molecule has 1 aliphatic rings. The number of hydrogen-bond acceptors (Lipinski definition) is 7. The van der Waals surface area contributed by atoms with Gasteiger partial charge in [0.2, 0.25) is 0 Å². The zero-order valence-corrected chi connectivity index (χ0v) is 18.2. The normalized spacial score (nSPS) is 19.0. The van der Waals surface area contributed by atoms with Crippen molar-refractivity contribution < 1.29 is 23.7 Å². The molecule has 0 unspecified atom stereocenters. The Bertz CT molecular complexity index is 1150. The molecule has 0 saturated carbocycles. The Morgan fingerprint density at radius 2 is 1.77 bits per heavy atom. The summed E-state index contributed by atoms with van der Waals surface area (Å²) in [6, 6.07) is 10.5. The number of aliphatic hydroxyl groups is 1. The van der Waals surface area contributed by atoms with Gasteiger partial charge in [-0.15, -0.1) is 0 Å². The number of ether oxygens (including phenoxy) is 3. The number of nitrogens with zero attached hydrogens (tertiary/aromatic N) is 1. The van der Waals surface area contributed by atoms with Crippen LogP contribution in [0, 0.1) is 0 Å². The van der Waals surface area contributed by atoms with E-state index < -0.39 is 0 Å². The summed E-state index contributed by atoms with van der Waals surface area (Å²) in [5.41, 5.74) is 1.66. The van der Waals surface area contributed by atoms with Crippen molar-refractivity contribution in [2.24, 2.45) is 0 Å². The largest absolute Gasteiger partial charge is 0.496 e. The van der Waals surface area contributed by atoms with E-state index >= 15 is 0 Å². The van der Waals surface area contributed by atoms with E-state index in [9.17, 15) is 9.90 Å².